The molecule has 0 aromatic heterocycles. The van der Waals surface area contributed by atoms with Crippen molar-refractivity contribution < 1.29 is 19.8 Å². The van der Waals surface area contributed by atoms with Crippen molar-refractivity contribution in [1.82, 2.24) is 9.80 Å². The van der Waals surface area contributed by atoms with Crippen LogP contribution < -0.4 is 5.73 Å². The zero-order valence-electron chi connectivity index (χ0n) is 15.8. The standard InChI is InChI=1S/C17H27N5O4S/c1-9(23)12-13-10(5-4-6-20-8-18)15(27-7-11(19)21(2)3)14(17(25)26)22(13)16(12)24/h8-10,12-13,19,23H,4-7H2,1-3H3,(H2,18,20)(H,25,26)/t9-,10-,12-,13-/m1/s1. The van der Waals surface area contributed by atoms with Crippen molar-refractivity contribution in [2.24, 2.45) is 22.6 Å². The van der Waals surface area contributed by atoms with Gasteiger partial charge in [0.25, 0.3) is 0 Å². The minimum absolute atomic E-state index is 0.00853. The summed E-state index contributed by atoms with van der Waals surface area (Å²) in [5.41, 5.74) is 5.26. The van der Waals surface area contributed by atoms with E-state index in [1.54, 1.807) is 25.9 Å². The van der Waals surface area contributed by atoms with Gasteiger partial charge in [0.1, 0.15) is 11.5 Å². The molecule has 0 aromatic rings. The molecule has 0 unspecified atom stereocenters. The minimum atomic E-state index is -1.15. The van der Waals surface area contributed by atoms with E-state index in [1.165, 1.54) is 23.0 Å². The number of aliphatic imine (C=N–C) groups is 1. The Labute approximate surface area is 162 Å². The Hall–Kier alpha value is -2.07. The van der Waals surface area contributed by atoms with Gasteiger partial charge in [0, 0.05) is 31.5 Å². The number of nitrogens with one attached hydrogen (secondary N) is 1. The smallest absolute Gasteiger partial charge is 0.353 e. The molecule has 2 aliphatic heterocycles. The van der Waals surface area contributed by atoms with Crippen molar-refractivity contribution in [2.45, 2.75) is 31.9 Å². The number of rotatable bonds is 9. The summed E-state index contributed by atoms with van der Waals surface area (Å²) in [5.74, 6) is -1.63. The number of nitrogens with zero attached hydrogens (tertiary/aromatic N) is 3. The minimum Gasteiger partial charge on any atom is -0.477 e. The number of hydrogen-bond acceptors (Lipinski definition) is 6. The molecule has 9 nitrogen and oxygen atoms in total. The normalized spacial score (nSPS) is 25.6. The maximum Gasteiger partial charge on any atom is 0.353 e. The number of amides is 1. The second kappa shape index (κ2) is 8.75. The van der Waals surface area contributed by atoms with E-state index < -0.39 is 18.0 Å². The van der Waals surface area contributed by atoms with Crippen molar-refractivity contribution >= 4 is 35.8 Å². The number of aliphatic hydroxyl groups is 1. The van der Waals surface area contributed by atoms with Crippen LogP contribution in [0.25, 0.3) is 0 Å². The highest BCUT2D eigenvalue weighted by Crippen LogP contribution is 2.52. The fourth-order valence-electron chi connectivity index (χ4n) is 3.60. The summed E-state index contributed by atoms with van der Waals surface area (Å²) in [5, 5.41) is 27.7. The molecule has 10 heteroatoms. The van der Waals surface area contributed by atoms with E-state index >= 15 is 0 Å². The Kier molecular flexibility index (Phi) is 6.88. The predicted octanol–water partition coefficient (Wildman–Crippen LogP) is 0.159. The lowest BCUT2D eigenvalue weighted by Crippen LogP contribution is -2.63. The maximum atomic E-state index is 12.5. The molecule has 0 aromatic carbocycles. The van der Waals surface area contributed by atoms with Gasteiger partial charge in [0.05, 0.1) is 30.2 Å². The molecule has 2 aliphatic rings. The topological polar surface area (TPSA) is 143 Å². The van der Waals surface area contributed by atoms with Gasteiger partial charge in [-0.2, -0.15) is 0 Å². The summed E-state index contributed by atoms with van der Waals surface area (Å²) in [6, 6.07) is -0.360. The van der Waals surface area contributed by atoms with Gasteiger partial charge in [0.2, 0.25) is 5.91 Å². The van der Waals surface area contributed by atoms with Crippen LogP contribution in [0.2, 0.25) is 0 Å². The first-order valence-electron chi connectivity index (χ1n) is 8.78. The Morgan fingerprint density at radius 3 is 2.70 bits per heavy atom. The van der Waals surface area contributed by atoms with Gasteiger partial charge in [-0.15, -0.1) is 11.8 Å². The quantitative estimate of drug-likeness (QED) is 0.188. The first kappa shape index (κ1) is 21.2. The Balaban J connectivity index is 2.31. The lowest BCUT2D eigenvalue weighted by atomic mass is 9.77. The molecule has 1 fully saturated rings. The van der Waals surface area contributed by atoms with Crippen LogP contribution in [0, 0.1) is 17.2 Å². The zero-order valence-corrected chi connectivity index (χ0v) is 16.6. The van der Waals surface area contributed by atoms with Crippen molar-refractivity contribution in [1.29, 1.82) is 5.41 Å². The van der Waals surface area contributed by atoms with Crippen LogP contribution in [-0.2, 0) is 9.59 Å². The highest BCUT2D eigenvalue weighted by molar-refractivity contribution is 8.03. The molecule has 5 N–H and O–H groups in total. The summed E-state index contributed by atoms with van der Waals surface area (Å²) >= 11 is 1.29. The summed E-state index contributed by atoms with van der Waals surface area (Å²) in [4.78, 5) is 31.9. The third-order valence-corrected chi connectivity index (χ3v) is 6.17. The number of hydrogen-bond donors (Lipinski definition) is 4. The van der Waals surface area contributed by atoms with E-state index in [-0.39, 0.29) is 23.6 Å². The van der Waals surface area contributed by atoms with Gasteiger partial charge in [-0.25, -0.2) is 4.79 Å². The molecular formula is C17H27N5O4S. The number of nitrogens with two attached hydrogens (primary N) is 1. The zero-order chi connectivity index (χ0) is 20.3. The van der Waals surface area contributed by atoms with Crippen molar-refractivity contribution in [3.8, 4) is 0 Å². The third kappa shape index (κ3) is 4.11. The number of carboxylic acid groups (broad SMARTS) is 1. The number of aliphatic carboxylic acids is 1. The Morgan fingerprint density at radius 2 is 2.19 bits per heavy atom. The molecule has 2 rings (SSSR count). The number of carbonyl (C=O) groups excluding carboxylic acids is 1. The molecule has 0 spiro atoms. The number of amidine groups is 1. The summed E-state index contributed by atoms with van der Waals surface area (Å²) in [7, 11) is 3.51. The fourth-order valence-corrected chi connectivity index (χ4v) is 4.94. The van der Waals surface area contributed by atoms with Gasteiger partial charge in [-0.05, 0) is 19.8 Å². The fraction of sp³-hybridized carbons (Fsp3) is 0.647. The van der Waals surface area contributed by atoms with Crippen LogP contribution in [0.15, 0.2) is 15.6 Å². The second-order valence-corrected chi connectivity index (χ2v) is 7.93. The molecule has 1 saturated heterocycles. The first-order valence-corrected chi connectivity index (χ1v) is 9.77. The summed E-state index contributed by atoms with van der Waals surface area (Å²) in [6.07, 6.45) is 1.70. The largest absolute Gasteiger partial charge is 0.477 e. The molecular weight excluding hydrogens is 370 g/mol. The van der Waals surface area contributed by atoms with Crippen LogP contribution in [0.5, 0.6) is 0 Å². The van der Waals surface area contributed by atoms with E-state index in [1.807, 2.05) is 0 Å². The summed E-state index contributed by atoms with van der Waals surface area (Å²) in [6.45, 7) is 2.07. The van der Waals surface area contributed by atoms with Crippen molar-refractivity contribution in [3.05, 3.63) is 10.6 Å². The molecule has 27 heavy (non-hydrogen) atoms. The van der Waals surface area contributed by atoms with Crippen molar-refractivity contribution in [3.63, 3.8) is 0 Å². The van der Waals surface area contributed by atoms with Crippen molar-refractivity contribution in [2.75, 3.05) is 26.4 Å². The van der Waals surface area contributed by atoms with Crippen LogP contribution >= 0.6 is 11.8 Å². The van der Waals surface area contributed by atoms with Crippen LogP contribution in [0.4, 0.5) is 0 Å². The highest BCUT2D eigenvalue weighted by Gasteiger charge is 2.60. The first-order chi connectivity index (χ1) is 12.7. The molecule has 150 valence electrons. The van der Waals surface area contributed by atoms with E-state index in [4.69, 9.17) is 11.1 Å². The molecule has 0 saturated carbocycles. The van der Waals surface area contributed by atoms with Gasteiger partial charge < -0.3 is 25.7 Å². The Morgan fingerprint density at radius 1 is 1.52 bits per heavy atom. The van der Waals surface area contributed by atoms with E-state index in [0.717, 1.165) is 0 Å². The van der Waals surface area contributed by atoms with Gasteiger partial charge >= 0.3 is 5.97 Å². The third-order valence-electron chi connectivity index (χ3n) is 4.95. The molecule has 4 atom stereocenters. The lowest BCUT2D eigenvalue weighted by Gasteiger charge is -2.47. The average Bonchev–Trinajstić information content (AvgIpc) is 2.86. The molecule has 0 bridgehead atoms. The number of aliphatic hydroxyl groups excluding tert-OH is 1. The predicted molar refractivity (Wildman–Crippen MR) is 105 cm³/mol. The Bertz CT molecular complexity index is 676. The number of carboxylic acids is 1. The van der Waals surface area contributed by atoms with Gasteiger partial charge in [-0.1, -0.05) is 0 Å². The van der Waals surface area contributed by atoms with E-state index in [2.05, 4.69) is 4.99 Å². The van der Waals surface area contributed by atoms with Gasteiger partial charge in [0.15, 0.2) is 0 Å². The number of β-lactam (4-membered cyclic amide) rings is 1. The highest BCUT2D eigenvalue weighted by atomic mass is 32.2. The number of carbonyl (C=O) groups is 2. The summed E-state index contributed by atoms with van der Waals surface area (Å²) < 4.78 is 0. The molecule has 2 heterocycles. The lowest BCUT2D eigenvalue weighted by molar-refractivity contribution is -0.163. The molecule has 0 aliphatic carbocycles. The van der Waals surface area contributed by atoms with Crippen LogP contribution in [-0.4, -0.2) is 82.6 Å². The van der Waals surface area contributed by atoms with Crippen LogP contribution in [0.3, 0.4) is 0 Å². The molecule has 0 radical (unpaired) electrons. The monoisotopic (exact) mass is 397 g/mol. The number of fused-ring (bicyclic) bond motifs is 1. The SMILES string of the molecule is C[C@@H](O)[C@H]1C(=O)N2C(C(=O)O)=C(SCC(=N)N(C)C)[C@H](CCCN=CN)[C@H]12. The van der Waals surface area contributed by atoms with Crippen LogP contribution in [0.1, 0.15) is 19.8 Å². The molecule has 1 amide bonds. The van der Waals surface area contributed by atoms with E-state index in [9.17, 15) is 19.8 Å². The average molecular weight is 398 g/mol. The second-order valence-electron chi connectivity index (χ2n) is 6.92. The van der Waals surface area contributed by atoms with Gasteiger partial charge in [-0.3, -0.25) is 15.2 Å². The van der Waals surface area contributed by atoms with E-state index in [0.29, 0.717) is 35.9 Å². The maximum absolute atomic E-state index is 12.5. The number of thioether (sulfide) groups is 1.